The topological polar surface area (TPSA) is 59.6 Å². The Labute approximate surface area is 103 Å². The summed E-state index contributed by atoms with van der Waals surface area (Å²) in [6, 6.07) is 0. The molecule has 1 rings (SSSR count). The van der Waals surface area contributed by atoms with Crippen LogP contribution in [0, 0.1) is 0 Å². The Hall–Kier alpha value is -0.650. The minimum absolute atomic E-state index is 0.0450. The predicted molar refractivity (Wildman–Crippen MR) is 66.0 cm³/mol. The van der Waals surface area contributed by atoms with Gasteiger partial charge in [-0.15, -0.1) is 0 Å². The molecule has 0 aromatic rings. The number of nitrogens with one attached hydrogen (secondary N) is 2. The first-order valence-corrected chi connectivity index (χ1v) is 6.33. The van der Waals surface area contributed by atoms with Gasteiger partial charge in [-0.3, -0.25) is 4.79 Å². The number of hydrogen-bond acceptors (Lipinski definition) is 4. The third kappa shape index (κ3) is 5.02. The third-order valence-corrected chi connectivity index (χ3v) is 3.09. The van der Waals surface area contributed by atoms with Gasteiger partial charge < -0.3 is 20.1 Å². The van der Waals surface area contributed by atoms with Crippen molar-refractivity contribution in [3.05, 3.63) is 0 Å². The number of ether oxygens (including phenoxy) is 2. The summed E-state index contributed by atoms with van der Waals surface area (Å²) in [7, 11) is 1.69. The van der Waals surface area contributed by atoms with Gasteiger partial charge in [-0.2, -0.15) is 0 Å². The van der Waals surface area contributed by atoms with Gasteiger partial charge in [-0.1, -0.05) is 13.3 Å². The van der Waals surface area contributed by atoms with E-state index in [0.717, 1.165) is 32.4 Å². The monoisotopic (exact) mass is 244 g/mol. The van der Waals surface area contributed by atoms with Crippen LogP contribution in [-0.2, 0) is 14.3 Å². The summed E-state index contributed by atoms with van der Waals surface area (Å²) in [4.78, 5) is 11.4. The van der Waals surface area contributed by atoms with Gasteiger partial charge in [0.2, 0.25) is 5.91 Å². The molecule has 5 heteroatoms. The zero-order valence-electron chi connectivity index (χ0n) is 10.9. The van der Waals surface area contributed by atoms with E-state index in [9.17, 15) is 4.79 Å². The maximum atomic E-state index is 11.4. The Balaban J connectivity index is 2.11. The molecule has 1 aliphatic rings. The lowest BCUT2D eigenvalue weighted by molar-refractivity contribution is -0.120. The van der Waals surface area contributed by atoms with Crippen LogP contribution in [0.15, 0.2) is 0 Å². The lowest BCUT2D eigenvalue weighted by atomic mass is 10.0. The fourth-order valence-corrected chi connectivity index (χ4v) is 1.83. The van der Waals surface area contributed by atoms with Crippen LogP contribution in [0.3, 0.4) is 0 Å². The van der Waals surface area contributed by atoms with Crippen molar-refractivity contribution in [1.82, 2.24) is 10.6 Å². The molecular formula is C12H24N2O3. The Morgan fingerprint density at radius 3 is 2.94 bits per heavy atom. The molecule has 0 bridgehead atoms. The van der Waals surface area contributed by atoms with E-state index < -0.39 is 0 Å². The molecule has 5 nitrogen and oxygen atoms in total. The molecule has 0 saturated carbocycles. The number of carbonyl (C=O) groups is 1. The largest absolute Gasteiger partial charge is 0.378 e. The minimum Gasteiger partial charge on any atom is -0.378 e. The number of carbonyl (C=O) groups excluding carboxylic acids is 1. The van der Waals surface area contributed by atoms with E-state index in [1.165, 1.54) is 0 Å². The van der Waals surface area contributed by atoms with E-state index in [0.29, 0.717) is 19.7 Å². The molecule has 0 aliphatic carbocycles. The lowest BCUT2D eigenvalue weighted by Crippen LogP contribution is -2.46. The number of unbranched alkanes of at least 4 members (excludes halogenated alkanes) is 1. The quantitative estimate of drug-likeness (QED) is 0.603. The maximum Gasteiger partial charge on any atom is 0.233 e. The highest BCUT2D eigenvalue weighted by atomic mass is 16.5. The van der Waals surface area contributed by atoms with Crippen molar-refractivity contribution >= 4 is 5.91 Å². The van der Waals surface area contributed by atoms with E-state index in [4.69, 9.17) is 9.47 Å². The third-order valence-electron chi connectivity index (χ3n) is 3.09. The van der Waals surface area contributed by atoms with Gasteiger partial charge in [0, 0.05) is 33.2 Å². The standard InChI is InChI=1S/C12H24N2O3/c1-3-4-6-14-11(15)8-13-9-12(16-2)5-7-17-10-12/h13H,3-10H2,1-2H3,(H,14,15). The Kier molecular flexibility index (Phi) is 6.47. The first-order chi connectivity index (χ1) is 8.22. The van der Waals surface area contributed by atoms with Crippen molar-refractivity contribution < 1.29 is 14.3 Å². The molecule has 1 aliphatic heterocycles. The summed E-state index contributed by atoms with van der Waals surface area (Å²) in [5.41, 5.74) is -0.246. The molecule has 1 atom stereocenters. The van der Waals surface area contributed by atoms with Gasteiger partial charge in [0.1, 0.15) is 5.60 Å². The smallest absolute Gasteiger partial charge is 0.233 e. The molecule has 1 heterocycles. The summed E-state index contributed by atoms with van der Waals surface area (Å²) in [5.74, 6) is 0.0450. The first kappa shape index (κ1) is 14.4. The van der Waals surface area contributed by atoms with E-state index >= 15 is 0 Å². The zero-order chi connectivity index (χ0) is 12.6. The van der Waals surface area contributed by atoms with Crippen molar-refractivity contribution in [1.29, 1.82) is 0 Å². The highest BCUT2D eigenvalue weighted by Crippen LogP contribution is 2.21. The Morgan fingerprint density at radius 1 is 1.53 bits per heavy atom. The molecule has 1 saturated heterocycles. The van der Waals surface area contributed by atoms with Crippen LogP contribution in [0.25, 0.3) is 0 Å². The molecule has 100 valence electrons. The van der Waals surface area contributed by atoms with E-state index in [-0.39, 0.29) is 11.5 Å². The van der Waals surface area contributed by atoms with Crippen LogP contribution in [0.2, 0.25) is 0 Å². The van der Waals surface area contributed by atoms with Gasteiger partial charge in [0.25, 0.3) is 0 Å². The fourth-order valence-electron chi connectivity index (χ4n) is 1.83. The molecular weight excluding hydrogens is 220 g/mol. The summed E-state index contributed by atoms with van der Waals surface area (Å²) >= 11 is 0. The molecule has 1 amide bonds. The van der Waals surface area contributed by atoms with Gasteiger partial charge in [-0.25, -0.2) is 0 Å². The summed E-state index contributed by atoms with van der Waals surface area (Å²) in [6.45, 7) is 5.20. The Bertz CT molecular complexity index is 228. The van der Waals surface area contributed by atoms with Crippen LogP contribution < -0.4 is 10.6 Å². The normalized spacial score (nSPS) is 23.9. The average Bonchev–Trinajstić information content (AvgIpc) is 2.79. The molecule has 0 aromatic heterocycles. The van der Waals surface area contributed by atoms with E-state index in [1.807, 2.05) is 0 Å². The number of hydrogen-bond donors (Lipinski definition) is 2. The highest BCUT2D eigenvalue weighted by Gasteiger charge is 2.34. The van der Waals surface area contributed by atoms with Gasteiger partial charge in [-0.05, 0) is 6.42 Å². The van der Waals surface area contributed by atoms with Crippen LogP contribution in [0.1, 0.15) is 26.2 Å². The first-order valence-electron chi connectivity index (χ1n) is 6.33. The lowest BCUT2D eigenvalue weighted by Gasteiger charge is -2.25. The molecule has 0 aromatic carbocycles. The number of rotatable bonds is 8. The zero-order valence-corrected chi connectivity index (χ0v) is 10.9. The summed E-state index contributed by atoms with van der Waals surface area (Å²) in [6.07, 6.45) is 3.01. The summed E-state index contributed by atoms with van der Waals surface area (Å²) < 4.78 is 10.8. The number of amides is 1. The minimum atomic E-state index is -0.246. The van der Waals surface area contributed by atoms with Crippen molar-refractivity contribution in [2.24, 2.45) is 0 Å². The molecule has 17 heavy (non-hydrogen) atoms. The second-order valence-electron chi connectivity index (χ2n) is 4.50. The molecule has 0 spiro atoms. The molecule has 0 radical (unpaired) electrons. The average molecular weight is 244 g/mol. The number of methoxy groups -OCH3 is 1. The van der Waals surface area contributed by atoms with Crippen molar-refractivity contribution in [2.75, 3.05) is 40.0 Å². The van der Waals surface area contributed by atoms with Crippen LogP contribution in [-0.4, -0.2) is 51.5 Å². The SMILES string of the molecule is CCCCNC(=O)CNCC1(OC)CCOC1. The second kappa shape index (κ2) is 7.63. The van der Waals surface area contributed by atoms with Crippen molar-refractivity contribution in [2.45, 2.75) is 31.8 Å². The van der Waals surface area contributed by atoms with E-state index in [2.05, 4.69) is 17.6 Å². The van der Waals surface area contributed by atoms with E-state index in [1.54, 1.807) is 7.11 Å². The highest BCUT2D eigenvalue weighted by molar-refractivity contribution is 5.77. The second-order valence-corrected chi connectivity index (χ2v) is 4.50. The maximum absolute atomic E-state index is 11.4. The summed E-state index contributed by atoms with van der Waals surface area (Å²) in [5, 5.41) is 5.99. The fraction of sp³-hybridized carbons (Fsp3) is 0.917. The van der Waals surface area contributed by atoms with Crippen molar-refractivity contribution in [3.8, 4) is 0 Å². The molecule has 2 N–H and O–H groups in total. The van der Waals surface area contributed by atoms with Crippen LogP contribution in [0.5, 0.6) is 0 Å². The predicted octanol–water partition coefficient (Wildman–Crippen LogP) is 0.298. The molecule has 1 unspecified atom stereocenters. The van der Waals surface area contributed by atoms with Gasteiger partial charge in [0.05, 0.1) is 13.2 Å². The van der Waals surface area contributed by atoms with Gasteiger partial charge in [0.15, 0.2) is 0 Å². The van der Waals surface area contributed by atoms with Gasteiger partial charge >= 0.3 is 0 Å². The van der Waals surface area contributed by atoms with Crippen molar-refractivity contribution in [3.63, 3.8) is 0 Å². The Morgan fingerprint density at radius 2 is 2.35 bits per heavy atom. The van der Waals surface area contributed by atoms with Crippen LogP contribution in [0.4, 0.5) is 0 Å². The van der Waals surface area contributed by atoms with Crippen LogP contribution >= 0.6 is 0 Å². The molecule has 1 fully saturated rings.